The molecular formula is C8H7BrOS. The summed E-state index contributed by atoms with van der Waals surface area (Å²) in [5, 5.41) is 0.545. The molecule has 0 unspecified atom stereocenters. The second kappa shape index (κ2) is 4.57. The number of benzene rings is 1. The molecule has 0 radical (unpaired) electrons. The average Bonchev–Trinajstić information content (AvgIpc) is 2.06. The van der Waals surface area contributed by atoms with Crippen LogP contribution in [-0.2, 0) is 4.79 Å². The Morgan fingerprint density at radius 1 is 1.36 bits per heavy atom. The van der Waals surface area contributed by atoms with Gasteiger partial charge in [-0.05, 0) is 12.1 Å². The van der Waals surface area contributed by atoms with E-state index >= 15 is 0 Å². The van der Waals surface area contributed by atoms with Crippen molar-refractivity contribution in [3.8, 4) is 0 Å². The molecule has 0 spiro atoms. The molecule has 0 fully saturated rings. The summed E-state index contributed by atoms with van der Waals surface area (Å²) < 4.78 is 0. The highest BCUT2D eigenvalue weighted by atomic mass is 79.9. The molecule has 0 aromatic heterocycles. The van der Waals surface area contributed by atoms with Gasteiger partial charge in [0, 0.05) is 4.90 Å². The molecule has 1 aromatic carbocycles. The van der Waals surface area contributed by atoms with E-state index in [9.17, 15) is 4.79 Å². The van der Waals surface area contributed by atoms with E-state index in [1.807, 2.05) is 30.3 Å². The van der Waals surface area contributed by atoms with Crippen molar-refractivity contribution in [2.24, 2.45) is 0 Å². The summed E-state index contributed by atoms with van der Waals surface area (Å²) in [6.07, 6.45) is 0. The van der Waals surface area contributed by atoms with Crippen LogP contribution in [0.25, 0.3) is 0 Å². The minimum Gasteiger partial charge on any atom is -0.286 e. The van der Waals surface area contributed by atoms with Gasteiger partial charge in [-0.1, -0.05) is 45.9 Å². The van der Waals surface area contributed by atoms with E-state index in [4.69, 9.17) is 0 Å². The van der Waals surface area contributed by atoms with Gasteiger partial charge in [-0.3, -0.25) is 4.79 Å². The summed E-state index contributed by atoms with van der Waals surface area (Å²) in [7, 11) is 0. The first kappa shape index (κ1) is 8.81. The number of carbonyl (C=O) groups is 1. The van der Waals surface area contributed by atoms with E-state index < -0.39 is 0 Å². The number of thioether (sulfide) groups is 1. The molecule has 0 aliphatic carbocycles. The summed E-state index contributed by atoms with van der Waals surface area (Å²) in [5.74, 6) is 0. The lowest BCUT2D eigenvalue weighted by atomic mass is 10.4. The van der Waals surface area contributed by atoms with Gasteiger partial charge >= 0.3 is 0 Å². The van der Waals surface area contributed by atoms with Gasteiger partial charge in [0.2, 0.25) is 5.12 Å². The first-order valence-electron chi connectivity index (χ1n) is 3.14. The lowest BCUT2D eigenvalue weighted by molar-refractivity contribution is -0.108. The zero-order valence-electron chi connectivity index (χ0n) is 5.79. The molecule has 0 amide bonds. The highest BCUT2D eigenvalue weighted by Gasteiger charge is 2.00. The Bertz CT molecular complexity index is 235. The molecule has 11 heavy (non-hydrogen) atoms. The van der Waals surface area contributed by atoms with Crippen molar-refractivity contribution in [3.05, 3.63) is 30.3 Å². The Kier molecular flexibility index (Phi) is 3.66. The first-order valence-corrected chi connectivity index (χ1v) is 5.08. The van der Waals surface area contributed by atoms with E-state index in [0.29, 0.717) is 5.33 Å². The van der Waals surface area contributed by atoms with E-state index in [0.717, 1.165) is 4.90 Å². The van der Waals surface area contributed by atoms with Crippen LogP contribution in [0, 0.1) is 0 Å². The van der Waals surface area contributed by atoms with Crippen molar-refractivity contribution in [2.75, 3.05) is 5.33 Å². The zero-order valence-corrected chi connectivity index (χ0v) is 8.19. The van der Waals surface area contributed by atoms with Gasteiger partial charge in [-0.2, -0.15) is 0 Å². The van der Waals surface area contributed by atoms with Crippen LogP contribution >= 0.6 is 27.7 Å². The molecular weight excluding hydrogens is 224 g/mol. The normalized spacial score (nSPS) is 9.55. The number of alkyl halides is 1. The predicted molar refractivity (Wildman–Crippen MR) is 51.1 cm³/mol. The highest BCUT2D eigenvalue weighted by molar-refractivity contribution is 9.09. The molecule has 1 nitrogen and oxygen atoms in total. The summed E-state index contributed by atoms with van der Waals surface area (Å²) in [6.45, 7) is 0. The highest BCUT2D eigenvalue weighted by Crippen LogP contribution is 2.18. The topological polar surface area (TPSA) is 17.1 Å². The van der Waals surface area contributed by atoms with E-state index in [2.05, 4.69) is 15.9 Å². The number of hydrogen-bond acceptors (Lipinski definition) is 2. The molecule has 0 aliphatic rings. The number of carbonyl (C=O) groups excluding carboxylic acids is 1. The number of rotatable bonds is 2. The maximum absolute atomic E-state index is 10.9. The van der Waals surface area contributed by atoms with Crippen molar-refractivity contribution in [3.63, 3.8) is 0 Å². The van der Waals surface area contributed by atoms with Crippen molar-refractivity contribution in [1.82, 2.24) is 0 Å². The number of hydrogen-bond donors (Lipinski definition) is 0. The van der Waals surface area contributed by atoms with Gasteiger partial charge < -0.3 is 0 Å². The summed E-state index contributed by atoms with van der Waals surface area (Å²) >= 11 is 4.36. The molecule has 0 bridgehead atoms. The standard InChI is InChI=1S/C8H7BrOS/c9-6-8(10)11-7-4-2-1-3-5-7/h1-5H,6H2. The third-order valence-corrected chi connectivity index (χ3v) is 2.84. The van der Waals surface area contributed by atoms with E-state index in [1.54, 1.807) is 0 Å². The Morgan fingerprint density at radius 3 is 2.55 bits per heavy atom. The SMILES string of the molecule is O=C(CBr)Sc1ccccc1. The minimum atomic E-state index is 0.135. The second-order valence-corrected chi connectivity index (χ2v) is 3.61. The van der Waals surface area contributed by atoms with Crippen LogP contribution in [0.15, 0.2) is 35.2 Å². The summed E-state index contributed by atoms with van der Waals surface area (Å²) in [4.78, 5) is 11.9. The minimum absolute atomic E-state index is 0.135. The molecule has 0 atom stereocenters. The van der Waals surface area contributed by atoms with Crippen molar-refractivity contribution in [1.29, 1.82) is 0 Å². The van der Waals surface area contributed by atoms with Gasteiger partial charge in [-0.15, -0.1) is 0 Å². The van der Waals surface area contributed by atoms with Crippen LogP contribution < -0.4 is 0 Å². The fourth-order valence-corrected chi connectivity index (χ4v) is 1.60. The first-order chi connectivity index (χ1) is 5.33. The predicted octanol–water partition coefficient (Wildman–Crippen LogP) is 2.70. The van der Waals surface area contributed by atoms with Crippen molar-refractivity contribution >= 4 is 32.8 Å². The fraction of sp³-hybridized carbons (Fsp3) is 0.125. The number of halogens is 1. The molecule has 0 aliphatic heterocycles. The third kappa shape index (κ3) is 3.08. The quantitative estimate of drug-likeness (QED) is 0.575. The summed E-state index contributed by atoms with van der Waals surface area (Å²) in [5.41, 5.74) is 0. The molecule has 0 N–H and O–H groups in total. The summed E-state index contributed by atoms with van der Waals surface area (Å²) in [6, 6.07) is 9.62. The van der Waals surface area contributed by atoms with Gasteiger partial charge in [0.25, 0.3) is 0 Å². The molecule has 0 heterocycles. The Labute approximate surface area is 78.3 Å². The maximum atomic E-state index is 10.9. The van der Waals surface area contributed by atoms with Gasteiger partial charge in [0.15, 0.2) is 0 Å². The van der Waals surface area contributed by atoms with Gasteiger partial charge in [-0.25, -0.2) is 0 Å². The average molecular weight is 231 g/mol. The van der Waals surface area contributed by atoms with Crippen LogP contribution in [0.1, 0.15) is 0 Å². The molecule has 58 valence electrons. The van der Waals surface area contributed by atoms with Crippen LogP contribution in [-0.4, -0.2) is 10.4 Å². The van der Waals surface area contributed by atoms with Crippen molar-refractivity contribution < 1.29 is 4.79 Å². The zero-order chi connectivity index (χ0) is 8.10. The molecule has 0 saturated heterocycles. The largest absolute Gasteiger partial charge is 0.286 e. The Morgan fingerprint density at radius 2 is 2.00 bits per heavy atom. The maximum Gasteiger partial charge on any atom is 0.204 e. The van der Waals surface area contributed by atoms with Crippen LogP contribution in [0.2, 0.25) is 0 Å². The van der Waals surface area contributed by atoms with Gasteiger partial charge in [0.1, 0.15) is 0 Å². The van der Waals surface area contributed by atoms with Crippen LogP contribution in [0.5, 0.6) is 0 Å². The molecule has 0 saturated carbocycles. The Hall–Kier alpha value is -0.280. The second-order valence-electron chi connectivity index (χ2n) is 1.92. The lowest BCUT2D eigenvalue weighted by Gasteiger charge is -1.94. The van der Waals surface area contributed by atoms with Crippen LogP contribution in [0.4, 0.5) is 0 Å². The third-order valence-electron chi connectivity index (χ3n) is 1.08. The van der Waals surface area contributed by atoms with Crippen LogP contribution in [0.3, 0.4) is 0 Å². The molecule has 3 heteroatoms. The smallest absolute Gasteiger partial charge is 0.204 e. The van der Waals surface area contributed by atoms with E-state index in [-0.39, 0.29) is 5.12 Å². The fourth-order valence-electron chi connectivity index (χ4n) is 0.647. The Balaban J connectivity index is 2.58. The monoisotopic (exact) mass is 230 g/mol. The van der Waals surface area contributed by atoms with Gasteiger partial charge in [0.05, 0.1) is 5.33 Å². The van der Waals surface area contributed by atoms with Crippen molar-refractivity contribution in [2.45, 2.75) is 4.90 Å². The lowest BCUT2D eigenvalue weighted by Crippen LogP contribution is -1.89. The molecule has 1 rings (SSSR count). The molecule has 1 aromatic rings. The van der Waals surface area contributed by atoms with E-state index in [1.165, 1.54) is 11.8 Å².